The van der Waals surface area contributed by atoms with Crippen LogP contribution >= 0.6 is 11.6 Å². The van der Waals surface area contributed by atoms with E-state index in [0.717, 1.165) is 0 Å². The third-order valence-electron chi connectivity index (χ3n) is 4.06. The van der Waals surface area contributed by atoms with E-state index >= 15 is 0 Å². The molecule has 3 aromatic carbocycles. The van der Waals surface area contributed by atoms with Crippen molar-refractivity contribution in [3.05, 3.63) is 89.4 Å². The number of hydrogen-bond donors (Lipinski definition) is 1. The molecule has 6 nitrogen and oxygen atoms in total. The summed E-state index contributed by atoms with van der Waals surface area (Å²) in [6.45, 7) is 0. The predicted octanol–water partition coefficient (Wildman–Crippen LogP) is 2.77. The van der Waals surface area contributed by atoms with Crippen molar-refractivity contribution in [1.82, 2.24) is 4.72 Å². The number of carbonyl (C=O) groups excluding carboxylic acids is 1. The summed E-state index contributed by atoms with van der Waals surface area (Å²) in [5, 5.41) is 11.9. The smallest absolute Gasteiger partial charge is 0.241 e. The molecular weight excluding hydrogens is 414 g/mol. The Balaban J connectivity index is 1.74. The van der Waals surface area contributed by atoms with Gasteiger partial charge in [0, 0.05) is 0 Å². The van der Waals surface area contributed by atoms with E-state index in [0.29, 0.717) is 22.1 Å². The number of hydrogen-bond acceptors (Lipinski definition) is 5. The molecule has 0 fully saturated rings. The van der Waals surface area contributed by atoms with E-state index in [-0.39, 0.29) is 11.3 Å². The normalized spacial score (nSPS) is 12.3. The first-order valence-corrected chi connectivity index (χ1v) is 10.5. The van der Waals surface area contributed by atoms with Crippen LogP contribution in [0.25, 0.3) is 0 Å². The standard InChI is InChI=1S/C21H18ClNO5S/c22-18-8-4-5-9-20(18)28-16-10-12-17(13-11-16)29(26,27)23-19(21(24)25)14-15-6-2-1-3-7-15/h1-13,19,23H,14H2,(H,24,25)/p-1. The fourth-order valence-electron chi connectivity index (χ4n) is 2.62. The lowest BCUT2D eigenvalue weighted by molar-refractivity contribution is -0.307. The minimum atomic E-state index is -4.07. The molecule has 1 atom stereocenters. The van der Waals surface area contributed by atoms with Crippen LogP contribution < -0.4 is 14.6 Å². The second kappa shape index (κ2) is 9.09. The Hall–Kier alpha value is -2.87. The van der Waals surface area contributed by atoms with Gasteiger partial charge < -0.3 is 14.6 Å². The SMILES string of the molecule is O=C([O-])C(Cc1ccccc1)NS(=O)(=O)c1ccc(Oc2ccccc2Cl)cc1. The van der Waals surface area contributed by atoms with Crippen molar-refractivity contribution < 1.29 is 23.1 Å². The zero-order valence-electron chi connectivity index (χ0n) is 15.1. The lowest BCUT2D eigenvalue weighted by Crippen LogP contribution is -2.49. The minimum Gasteiger partial charge on any atom is -0.548 e. The molecule has 0 saturated heterocycles. The Bertz CT molecular complexity index is 1090. The molecule has 3 rings (SSSR count). The molecule has 0 aliphatic rings. The highest BCUT2D eigenvalue weighted by Crippen LogP contribution is 2.29. The van der Waals surface area contributed by atoms with Gasteiger partial charge in [-0.2, -0.15) is 0 Å². The molecule has 150 valence electrons. The number of carboxylic acids is 1. The molecule has 0 spiro atoms. The highest BCUT2D eigenvalue weighted by molar-refractivity contribution is 7.89. The van der Waals surface area contributed by atoms with Crippen LogP contribution in [0.1, 0.15) is 5.56 Å². The number of aliphatic carboxylic acids is 1. The average Bonchev–Trinajstić information content (AvgIpc) is 2.70. The maximum Gasteiger partial charge on any atom is 0.241 e. The van der Waals surface area contributed by atoms with Gasteiger partial charge in [0.1, 0.15) is 11.5 Å². The number of carbonyl (C=O) groups is 1. The molecule has 0 heterocycles. The Kier molecular flexibility index (Phi) is 6.53. The lowest BCUT2D eigenvalue weighted by Gasteiger charge is -2.20. The molecule has 0 aliphatic heterocycles. The molecule has 3 aromatic rings. The van der Waals surface area contributed by atoms with Gasteiger partial charge in [0.05, 0.1) is 21.9 Å². The third-order valence-corrected chi connectivity index (χ3v) is 5.86. The predicted molar refractivity (Wildman–Crippen MR) is 107 cm³/mol. The molecule has 8 heteroatoms. The molecule has 1 N–H and O–H groups in total. The molecule has 0 saturated carbocycles. The van der Waals surface area contributed by atoms with Crippen molar-refractivity contribution in [3.8, 4) is 11.5 Å². The first-order valence-electron chi connectivity index (χ1n) is 8.65. The van der Waals surface area contributed by atoms with Gasteiger partial charge in [-0.05, 0) is 48.4 Å². The number of para-hydroxylation sites is 1. The van der Waals surface area contributed by atoms with Crippen molar-refractivity contribution >= 4 is 27.6 Å². The summed E-state index contributed by atoms with van der Waals surface area (Å²) in [5.74, 6) is -0.684. The van der Waals surface area contributed by atoms with E-state index in [1.165, 1.54) is 24.3 Å². The maximum atomic E-state index is 12.6. The van der Waals surface area contributed by atoms with Gasteiger partial charge in [0.2, 0.25) is 10.0 Å². The summed E-state index contributed by atoms with van der Waals surface area (Å²) in [7, 11) is -4.07. The number of carboxylic acid groups (broad SMARTS) is 1. The zero-order chi connectivity index (χ0) is 20.9. The first kappa shape index (κ1) is 20.9. The molecule has 29 heavy (non-hydrogen) atoms. The number of benzene rings is 3. The number of ether oxygens (including phenoxy) is 1. The van der Waals surface area contributed by atoms with E-state index in [2.05, 4.69) is 4.72 Å². The van der Waals surface area contributed by atoms with Gasteiger partial charge in [-0.1, -0.05) is 54.1 Å². The zero-order valence-corrected chi connectivity index (χ0v) is 16.7. The van der Waals surface area contributed by atoms with E-state index < -0.39 is 22.0 Å². The highest BCUT2D eigenvalue weighted by Gasteiger charge is 2.21. The van der Waals surface area contributed by atoms with Gasteiger partial charge in [-0.3, -0.25) is 0 Å². The van der Waals surface area contributed by atoms with Gasteiger partial charge in [-0.25, -0.2) is 13.1 Å². The Morgan fingerprint density at radius 3 is 2.21 bits per heavy atom. The van der Waals surface area contributed by atoms with Gasteiger partial charge in [0.15, 0.2) is 0 Å². The quantitative estimate of drug-likeness (QED) is 0.592. The fourth-order valence-corrected chi connectivity index (χ4v) is 3.98. The molecule has 0 aromatic heterocycles. The van der Waals surface area contributed by atoms with Crippen molar-refractivity contribution in [2.75, 3.05) is 0 Å². The number of rotatable bonds is 8. The summed E-state index contributed by atoms with van der Waals surface area (Å²) in [6, 6.07) is 19.7. The molecule has 0 amide bonds. The molecule has 0 radical (unpaired) electrons. The topological polar surface area (TPSA) is 95.5 Å². The van der Waals surface area contributed by atoms with Crippen LogP contribution in [0.4, 0.5) is 0 Å². The summed E-state index contributed by atoms with van der Waals surface area (Å²) in [4.78, 5) is 11.3. The lowest BCUT2D eigenvalue weighted by atomic mass is 10.1. The summed E-state index contributed by atoms with van der Waals surface area (Å²) in [5.41, 5.74) is 0.674. The number of nitrogens with one attached hydrogen (secondary N) is 1. The van der Waals surface area contributed by atoms with Gasteiger partial charge in [-0.15, -0.1) is 0 Å². The Labute approximate surface area is 173 Å². The molecular formula is C21H17ClNO5S-. The van der Waals surface area contributed by atoms with Crippen LogP contribution in [0.5, 0.6) is 11.5 Å². The summed E-state index contributed by atoms with van der Waals surface area (Å²) >= 11 is 6.04. The van der Waals surface area contributed by atoms with Crippen LogP contribution in [0.2, 0.25) is 5.02 Å². The summed E-state index contributed by atoms with van der Waals surface area (Å²) < 4.78 is 33.0. The van der Waals surface area contributed by atoms with Crippen molar-refractivity contribution in [2.45, 2.75) is 17.4 Å². The Morgan fingerprint density at radius 1 is 0.966 bits per heavy atom. The molecule has 0 aliphatic carbocycles. The monoisotopic (exact) mass is 430 g/mol. The number of sulfonamides is 1. The van der Waals surface area contributed by atoms with Crippen LogP contribution in [-0.4, -0.2) is 20.4 Å². The first-order chi connectivity index (χ1) is 13.8. The van der Waals surface area contributed by atoms with Crippen molar-refractivity contribution in [1.29, 1.82) is 0 Å². The minimum absolute atomic E-state index is 0.0316. The van der Waals surface area contributed by atoms with Crippen LogP contribution in [-0.2, 0) is 21.2 Å². The average molecular weight is 431 g/mol. The van der Waals surface area contributed by atoms with Crippen LogP contribution in [0.15, 0.2) is 83.8 Å². The van der Waals surface area contributed by atoms with E-state index in [1.54, 1.807) is 54.6 Å². The van der Waals surface area contributed by atoms with Crippen molar-refractivity contribution in [2.24, 2.45) is 0 Å². The van der Waals surface area contributed by atoms with Gasteiger partial charge in [0.25, 0.3) is 0 Å². The second-order valence-electron chi connectivity index (χ2n) is 6.19. The largest absolute Gasteiger partial charge is 0.548 e. The molecule has 1 unspecified atom stereocenters. The van der Waals surface area contributed by atoms with Crippen molar-refractivity contribution in [3.63, 3.8) is 0 Å². The summed E-state index contributed by atoms with van der Waals surface area (Å²) in [6.07, 6.45) is -0.0316. The second-order valence-corrected chi connectivity index (χ2v) is 8.31. The van der Waals surface area contributed by atoms with E-state index in [4.69, 9.17) is 16.3 Å². The van der Waals surface area contributed by atoms with Crippen LogP contribution in [0, 0.1) is 0 Å². The fraction of sp³-hybridized carbons (Fsp3) is 0.0952. The van der Waals surface area contributed by atoms with E-state index in [1.807, 2.05) is 0 Å². The highest BCUT2D eigenvalue weighted by atomic mass is 35.5. The molecule has 0 bridgehead atoms. The Morgan fingerprint density at radius 2 is 1.59 bits per heavy atom. The maximum absolute atomic E-state index is 12.6. The number of halogens is 1. The van der Waals surface area contributed by atoms with E-state index in [9.17, 15) is 18.3 Å². The third kappa shape index (κ3) is 5.57. The van der Waals surface area contributed by atoms with Crippen LogP contribution in [0.3, 0.4) is 0 Å². The van der Waals surface area contributed by atoms with Gasteiger partial charge >= 0.3 is 0 Å².